The first kappa shape index (κ1) is 13.8. The lowest BCUT2D eigenvalue weighted by atomic mass is 9.99. The van der Waals surface area contributed by atoms with Crippen LogP contribution in [0.2, 0.25) is 0 Å². The first-order chi connectivity index (χ1) is 9.02. The standard InChI is InChI=1S/C14H12BrFN2O/c1-8(2)12-11(7-19)13(18-14(15)17-12)9-3-5-10(16)6-4-9/h3-8H,1-2H3. The third-order valence-corrected chi connectivity index (χ3v) is 3.08. The van der Waals surface area contributed by atoms with E-state index in [1.54, 1.807) is 12.1 Å². The Bertz CT molecular complexity index is 612. The Labute approximate surface area is 119 Å². The summed E-state index contributed by atoms with van der Waals surface area (Å²) in [7, 11) is 0. The Kier molecular flexibility index (Phi) is 4.04. The molecule has 0 fully saturated rings. The molecule has 3 nitrogen and oxygen atoms in total. The van der Waals surface area contributed by atoms with Gasteiger partial charge < -0.3 is 0 Å². The summed E-state index contributed by atoms with van der Waals surface area (Å²) in [4.78, 5) is 19.8. The minimum absolute atomic E-state index is 0.0960. The first-order valence-electron chi connectivity index (χ1n) is 5.81. The lowest BCUT2D eigenvalue weighted by molar-refractivity contribution is 0.112. The summed E-state index contributed by atoms with van der Waals surface area (Å²) in [5.41, 5.74) is 2.33. The smallest absolute Gasteiger partial charge is 0.197 e. The number of benzene rings is 1. The predicted molar refractivity (Wildman–Crippen MR) is 74.6 cm³/mol. The fraction of sp³-hybridized carbons (Fsp3) is 0.214. The van der Waals surface area contributed by atoms with Gasteiger partial charge in [-0.1, -0.05) is 13.8 Å². The highest BCUT2D eigenvalue weighted by molar-refractivity contribution is 9.10. The molecule has 19 heavy (non-hydrogen) atoms. The normalized spacial score (nSPS) is 10.8. The van der Waals surface area contributed by atoms with E-state index < -0.39 is 0 Å². The van der Waals surface area contributed by atoms with Gasteiger partial charge >= 0.3 is 0 Å². The van der Waals surface area contributed by atoms with E-state index in [0.29, 0.717) is 27.2 Å². The van der Waals surface area contributed by atoms with Gasteiger partial charge in [0, 0.05) is 5.56 Å². The Balaban J connectivity index is 2.68. The summed E-state index contributed by atoms with van der Waals surface area (Å²) in [6.07, 6.45) is 0.750. The van der Waals surface area contributed by atoms with Gasteiger partial charge in [0.25, 0.3) is 0 Å². The van der Waals surface area contributed by atoms with E-state index in [1.165, 1.54) is 12.1 Å². The van der Waals surface area contributed by atoms with Crippen LogP contribution in [0.4, 0.5) is 4.39 Å². The summed E-state index contributed by atoms with van der Waals surface area (Å²) in [6, 6.07) is 5.88. The van der Waals surface area contributed by atoms with Crippen LogP contribution in [0.1, 0.15) is 35.8 Å². The van der Waals surface area contributed by atoms with Gasteiger partial charge in [0.05, 0.1) is 17.0 Å². The van der Waals surface area contributed by atoms with Gasteiger partial charge in [0.1, 0.15) is 5.82 Å². The molecule has 0 N–H and O–H groups in total. The Morgan fingerprint density at radius 2 is 1.84 bits per heavy atom. The van der Waals surface area contributed by atoms with Gasteiger partial charge in [-0.2, -0.15) is 0 Å². The second-order valence-electron chi connectivity index (χ2n) is 4.42. The van der Waals surface area contributed by atoms with Gasteiger partial charge in [0.2, 0.25) is 0 Å². The second-order valence-corrected chi connectivity index (χ2v) is 5.13. The van der Waals surface area contributed by atoms with E-state index in [1.807, 2.05) is 13.8 Å². The lowest BCUT2D eigenvalue weighted by Crippen LogP contribution is -2.05. The molecule has 0 spiro atoms. The van der Waals surface area contributed by atoms with E-state index in [-0.39, 0.29) is 11.7 Å². The van der Waals surface area contributed by atoms with Crippen molar-refractivity contribution in [1.82, 2.24) is 9.97 Å². The molecule has 1 aromatic carbocycles. The number of carbonyl (C=O) groups is 1. The fourth-order valence-corrected chi connectivity index (χ4v) is 2.21. The number of aromatic nitrogens is 2. The van der Waals surface area contributed by atoms with Crippen molar-refractivity contribution in [2.45, 2.75) is 19.8 Å². The largest absolute Gasteiger partial charge is 0.298 e. The van der Waals surface area contributed by atoms with Crippen LogP contribution in [-0.2, 0) is 0 Å². The maximum absolute atomic E-state index is 13.0. The summed E-state index contributed by atoms with van der Waals surface area (Å²) >= 11 is 3.24. The maximum Gasteiger partial charge on any atom is 0.197 e. The molecule has 0 amide bonds. The van der Waals surface area contributed by atoms with E-state index in [4.69, 9.17) is 0 Å². The van der Waals surface area contributed by atoms with Crippen LogP contribution < -0.4 is 0 Å². The lowest BCUT2D eigenvalue weighted by Gasteiger charge is -2.12. The van der Waals surface area contributed by atoms with Crippen molar-refractivity contribution in [2.24, 2.45) is 0 Å². The number of hydrogen-bond donors (Lipinski definition) is 0. The van der Waals surface area contributed by atoms with Crippen molar-refractivity contribution in [2.75, 3.05) is 0 Å². The first-order valence-corrected chi connectivity index (χ1v) is 6.60. The number of carbonyl (C=O) groups excluding carboxylic acids is 1. The summed E-state index contributed by atoms with van der Waals surface area (Å²) in [5, 5.41) is 0. The number of nitrogens with zero attached hydrogens (tertiary/aromatic N) is 2. The minimum atomic E-state index is -0.325. The summed E-state index contributed by atoms with van der Waals surface area (Å²) in [6.45, 7) is 3.91. The van der Waals surface area contributed by atoms with Crippen LogP contribution >= 0.6 is 15.9 Å². The zero-order chi connectivity index (χ0) is 14.0. The zero-order valence-corrected chi connectivity index (χ0v) is 12.1. The molecule has 0 radical (unpaired) electrons. The van der Waals surface area contributed by atoms with Crippen LogP contribution in [0.15, 0.2) is 29.0 Å². The van der Waals surface area contributed by atoms with Crippen molar-refractivity contribution in [3.05, 3.63) is 46.1 Å². The van der Waals surface area contributed by atoms with Gasteiger partial charge in [-0.05, 0) is 46.1 Å². The summed E-state index contributed by atoms with van der Waals surface area (Å²) < 4.78 is 13.4. The maximum atomic E-state index is 13.0. The topological polar surface area (TPSA) is 42.9 Å². The molecule has 0 bridgehead atoms. The van der Waals surface area contributed by atoms with Crippen LogP contribution in [0.5, 0.6) is 0 Å². The molecule has 98 valence electrons. The highest BCUT2D eigenvalue weighted by atomic mass is 79.9. The van der Waals surface area contributed by atoms with Gasteiger partial charge in [-0.15, -0.1) is 0 Å². The van der Waals surface area contributed by atoms with E-state index >= 15 is 0 Å². The van der Waals surface area contributed by atoms with Crippen molar-refractivity contribution in [3.63, 3.8) is 0 Å². The van der Waals surface area contributed by atoms with Gasteiger partial charge in [-0.25, -0.2) is 14.4 Å². The highest BCUT2D eigenvalue weighted by Gasteiger charge is 2.16. The number of halogens is 2. The van der Waals surface area contributed by atoms with Gasteiger partial charge in [-0.3, -0.25) is 4.79 Å². The predicted octanol–water partition coefficient (Wildman–Crippen LogP) is 3.98. The second kappa shape index (κ2) is 5.57. The molecule has 0 aliphatic rings. The third kappa shape index (κ3) is 2.87. The van der Waals surface area contributed by atoms with Gasteiger partial charge in [0.15, 0.2) is 11.0 Å². The molecule has 0 aliphatic carbocycles. The van der Waals surface area contributed by atoms with E-state index in [9.17, 15) is 9.18 Å². The molecular weight excluding hydrogens is 311 g/mol. The fourth-order valence-electron chi connectivity index (χ4n) is 1.84. The quantitative estimate of drug-likeness (QED) is 0.634. The molecule has 0 aliphatic heterocycles. The molecule has 2 aromatic rings. The van der Waals surface area contributed by atoms with E-state index in [2.05, 4.69) is 25.9 Å². The number of hydrogen-bond acceptors (Lipinski definition) is 3. The van der Waals surface area contributed by atoms with Crippen LogP contribution in [0, 0.1) is 5.82 Å². The van der Waals surface area contributed by atoms with Crippen molar-refractivity contribution < 1.29 is 9.18 Å². The monoisotopic (exact) mass is 322 g/mol. The van der Waals surface area contributed by atoms with Crippen LogP contribution in [0.25, 0.3) is 11.3 Å². The molecule has 2 rings (SSSR count). The minimum Gasteiger partial charge on any atom is -0.298 e. The molecule has 0 atom stereocenters. The number of rotatable bonds is 3. The molecule has 1 heterocycles. The third-order valence-electron chi connectivity index (χ3n) is 2.73. The zero-order valence-electron chi connectivity index (χ0n) is 10.5. The van der Waals surface area contributed by atoms with Crippen molar-refractivity contribution in [3.8, 4) is 11.3 Å². The summed E-state index contributed by atoms with van der Waals surface area (Å²) in [5.74, 6) is -0.229. The SMILES string of the molecule is CC(C)c1nc(Br)nc(-c2ccc(F)cc2)c1C=O. The molecule has 5 heteroatoms. The van der Waals surface area contributed by atoms with Crippen LogP contribution in [0.3, 0.4) is 0 Å². The molecular formula is C14H12BrFN2O. The molecule has 0 saturated heterocycles. The molecule has 0 unspecified atom stereocenters. The van der Waals surface area contributed by atoms with Crippen LogP contribution in [-0.4, -0.2) is 16.3 Å². The Morgan fingerprint density at radius 1 is 1.21 bits per heavy atom. The number of aldehydes is 1. The average molecular weight is 323 g/mol. The average Bonchev–Trinajstić information content (AvgIpc) is 2.38. The molecule has 1 aromatic heterocycles. The van der Waals surface area contributed by atoms with E-state index in [0.717, 1.165) is 6.29 Å². The molecule has 0 saturated carbocycles. The Morgan fingerprint density at radius 3 is 2.37 bits per heavy atom. The highest BCUT2D eigenvalue weighted by Crippen LogP contribution is 2.27. The van der Waals surface area contributed by atoms with Crippen molar-refractivity contribution in [1.29, 1.82) is 0 Å². The Hall–Kier alpha value is -1.62. The van der Waals surface area contributed by atoms with Crippen molar-refractivity contribution >= 4 is 22.2 Å².